The number of benzene rings is 3. The summed E-state index contributed by atoms with van der Waals surface area (Å²) in [4.78, 5) is 52.6. The molecule has 252 valence electrons. The van der Waals surface area contributed by atoms with E-state index < -0.39 is 34.3 Å². The van der Waals surface area contributed by atoms with Crippen molar-refractivity contribution in [3.05, 3.63) is 125 Å². The van der Waals surface area contributed by atoms with Gasteiger partial charge < -0.3 is 24.4 Å². The van der Waals surface area contributed by atoms with E-state index in [1.165, 1.54) is 64.4 Å². The van der Waals surface area contributed by atoms with E-state index in [9.17, 15) is 24.5 Å². The number of nitrogens with zero attached hydrogens (tertiary/aromatic N) is 2. The lowest BCUT2D eigenvalue weighted by Crippen LogP contribution is -2.74. The van der Waals surface area contributed by atoms with Gasteiger partial charge in [0, 0.05) is 38.7 Å². The molecule has 49 heavy (non-hydrogen) atoms. The van der Waals surface area contributed by atoms with Crippen LogP contribution in [-0.4, -0.2) is 51.7 Å². The van der Waals surface area contributed by atoms with Gasteiger partial charge in [0.2, 0.25) is 11.8 Å². The molecule has 3 aromatic carbocycles. The highest BCUT2D eigenvalue weighted by molar-refractivity contribution is 8.03. The van der Waals surface area contributed by atoms with Crippen molar-refractivity contribution in [2.45, 2.75) is 30.5 Å². The van der Waals surface area contributed by atoms with Crippen LogP contribution in [0.5, 0.6) is 17.2 Å². The van der Waals surface area contributed by atoms with Crippen molar-refractivity contribution >= 4 is 81.4 Å². The normalized spacial score (nSPS) is 18.1. The van der Waals surface area contributed by atoms with E-state index in [4.69, 9.17) is 49.0 Å². The second-order valence-corrected chi connectivity index (χ2v) is 14.1. The maximum absolute atomic E-state index is 13.7. The number of hydrogen-bond donors (Lipinski definition) is 1. The number of thioether (sulfide) groups is 1. The van der Waals surface area contributed by atoms with Crippen LogP contribution in [0.1, 0.15) is 10.4 Å². The molecule has 4 aromatic rings. The van der Waals surface area contributed by atoms with Crippen LogP contribution in [0.25, 0.3) is 0 Å². The number of esters is 1. The van der Waals surface area contributed by atoms with Gasteiger partial charge in [-0.25, -0.2) is 4.79 Å². The molecule has 1 saturated heterocycles. The predicted octanol–water partition coefficient (Wildman–Crippen LogP) is 7.43. The zero-order chi connectivity index (χ0) is 34.7. The Balaban J connectivity index is 1.21. The number of hydrogen-bond acceptors (Lipinski definition) is 10. The molecule has 0 saturated carbocycles. The lowest BCUT2D eigenvalue weighted by Gasteiger charge is -2.51. The van der Waals surface area contributed by atoms with E-state index in [-0.39, 0.29) is 47.8 Å². The maximum atomic E-state index is 13.7. The van der Waals surface area contributed by atoms with Crippen molar-refractivity contribution in [1.82, 2.24) is 10.2 Å². The first-order valence-electron chi connectivity index (χ1n) is 14.5. The van der Waals surface area contributed by atoms with Gasteiger partial charge in [0.1, 0.15) is 30.4 Å². The molecule has 2 aliphatic heterocycles. The predicted molar refractivity (Wildman–Crippen MR) is 186 cm³/mol. The number of carbonyl (C=O) groups excluding carboxylic acids is 3. The molecule has 3 atom stereocenters. The molecular formula is C33H24Cl3N3O8S2. The molecule has 1 unspecified atom stereocenters. The zero-order valence-corrected chi connectivity index (χ0v) is 28.9. The Morgan fingerprint density at radius 3 is 2.37 bits per heavy atom. The van der Waals surface area contributed by atoms with Crippen LogP contribution in [0.2, 0.25) is 15.1 Å². The monoisotopic (exact) mass is 759 g/mol. The van der Waals surface area contributed by atoms with Crippen molar-refractivity contribution in [3.63, 3.8) is 0 Å². The molecular weight excluding hydrogens is 737 g/mol. The number of non-ortho nitro benzene ring substituents is 1. The van der Waals surface area contributed by atoms with Gasteiger partial charge in [-0.1, -0.05) is 40.9 Å². The minimum Gasteiger partial charge on any atom is -0.485 e. The Morgan fingerprint density at radius 1 is 0.939 bits per heavy atom. The number of nitrogens with one attached hydrogen (secondary N) is 1. The first-order valence-corrected chi connectivity index (χ1v) is 17.5. The van der Waals surface area contributed by atoms with Gasteiger partial charge in [-0.05, 0) is 64.9 Å². The number of nitro groups is 1. The number of fused-ring (bicyclic) bond motifs is 1. The highest BCUT2D eigenvalue weighted by Crippen LogP contribution is 2.42. The fourth-order valence-corrected chi connectivity index (χ4v) is 7.60. The molecule has 0 spiro atoms. The van der Waals surface area contributed by atoms with Crippen LogP contribution in [-0.2, 0) is 32.1 Å². The molecule has 1 aromatic heterocycles. The van der Waals surface area contributed by atoms with E-state index in [0.29, 0.717) is 26.9 Å². The fraction of sp³-hybridized carbons (Fsp3) is 0.182. The molecule has 1 N–H and O–H groups in total. The smallest absolute Gasteiger partial charge is 0.333 e. The van der Waals surface area contributed by atoms with Gasteiger partial charge in [0.25, 0.3) is 5.69 Å². The van der Waals surface area contributed by atoms with Gasteiger partial charge in [-0.15, -0.1) is 23.1 Å². The minimum absolute atomic E-state index is 0.106. The van der Waals surface area contributed by atoms with Gasteiger partial charge in [0.15, 0.2) is 17.5 Å². The summed E-state index contributed by atoms with van der Waals surface area (Å²) < 4.78 is 17.7. The number of nitro benzene ring substituents is 1. The summed E-state index contributed by atoms with van der Waals surface area (Å²) in [7, 11) is 0. The van der Waals surface area contributed by atoms with Crippen LogP contribution in [0, 0.1) is 10.1 Å². The quantitative estimate of drug-likeness (QED) is 0.0677. The molecule has 16 heteroatoms. The third-order valence-electron chi connectivity index (χ3n) is 7.46. The van der Waals surface area contributed by atoms with Gasteiger partial charge >= 0.3 is 5.97 Å². The number of halogens is 3. The van der Waals surface area contributed by atoms with E-state index in [0.717, 1.165) is 4.88 Å². The van der Waals surface area contributed by atoms with E-state index >= 15 is 0 Å². The average Bonchev–Trinajstić information content (AvgIpc) is 3.60. The lowest BCUT2D eigenvalue weighted by molar-refractivity contribution is -0.384. The Bertz CT molecular complexity index is 1940. The number of rotatable bonds is 12. The first-order chi connectivity index (χ1) is 23.6. The second kappa shape index (κ2) is 15.1. The van der Waals surface area contributed by atoms with Crippen LogP contribution in [0.15, 0.2) is 89.2 Å². The van der Waals surface area contributed by atoms with Crippen molar-refractivity contribution in [2.75, 3.05) is 6.61 Å². The average molecular weight is 761 g/mol. The highest BCUT2D eigenvalue weighted by atomic mass is 35.5. The summed E-state index contributed by atoms with van der Waals surface area (Å²) in [5.74, 6) is -0.681. The van der Waals surface area contributed by atoms with Crippen molar-refractivity contribution in [1.29, 1.82) is 0 Å². The Morgan fingerprint density at radius 2 is 1.67 bits per heavy atom. The van der Waals surface area contributed by atoms with E-state index in [1.54, 1.807) is 29.7 Å². The number of carbonyl (C=O) groups is 3. The molecule has 11 nitrogen and oxygen atoms in total. The highest BCUT2D eigenvalue weighted by Gasteiger charge is 2.56. The van der Waals surface area contributed by atoms with Gasteiger partial charge in [0.05, 0.1) is 16.4 Å². The molecule has 6 rings (SSSR count). The van der Waals surface area contributed by atoms with E-state index in [1.807, 2.05) is 17.5 Å². The Hall–Kier alpha value is -4.27. The Labute approximate surface area is 302 Å². The summed E-state index contributed by atoms with van der Waals surface area (Å²) in [6.07, 6.45) is 0.125. The zero-order valence-electron chi connectivity index (χ0n) is 25.0. The summed E-state index contributed by atoms with van der Waals surface area (Å²) in [5, 5.41) is 17.9. The van der Waals surface area contributed by atoms with E-state index in [2.05, 4.69) is 5.32 Å². The van der Waals surface area contributed by atoms with Crippen LogP contribution >= 0.6 is 57.9 Å². The third kappa shape index (κ3) is 7.97. The number of ether oxygens (including phenoxy) is 3. The van der Waals surface area contributed by atoms with Crippen LogP contribution < -0.4 is 14.8 Å². The van der Waals surface area contributed by atoms with Crippen molar-refractivity contribution in [3.8, 4) is 17.2 Å². The van der Waals surface area contributed by atoms with Crippen LogP contribution in [0.4, 0.5) is 5.69 Å². The SMILES string of the molecule is O=C(Cc1cccs1)N[C@@H]1C(=O)N2C(C(=O)OCc3ccc([N+](=O)[O-])cc3)C(COc3cc(Cl)ccc3Oc3ccc(Cl)cc3Cl)=CS[C@H]12. The second-order valence-electron chi connectivity index (χ2n) is 10.8. The minimum atomic E-state index is -1.18. The standard InChI is InChI=1S/C33H24Cl3N3O8S2/c34-20-5-9-25(24(36)12-20)47-26-10-6-21(35)13-27(26)45-16-19-17-49-32-29(37-28(40)14-23-2-1-11-48-23)31(41)38(32)30(19)33(42)46-15-18-3-7-22(8-4-18)39(43)44/h1-13,17,29-30,32H,14-16H2,(H,37,40)/t29-,30?,32-/m1/s1. The largest absolute Gasteiger partial charge is 0.485 e. The fourth-order valence-electron chi connectivity index (χ4n) is 5.08. The van der Waals surface area contributed by atoms with Gasteiger partial charge in [-0.2, -0.15) is 0 Å². The maximum Gasteiger partial charge on any atom is 0.333 e. The molecule has 0 bridgehead atoms. The number of thiophene rings is 1. The lowest BCUT2D eigenvalue weighted by atomic mass is 9.98. The van der Waals surface area contributed by atoms with Crippen molar-refractivity contribution in [2.24, 2.45) is 0 Å². The number of β-lactam (4-membered cyclic amide) rings is 1. The molecule has 2 amide bonds. The number of amides is 2. The summed E-state index contributed by atoms with van der Waals surface area (Å²) in [6.45, 7) is -0.363. The molecule has 2 aliphatic rings. The summed E-state index contributed by atoms with van der Waals surface area (Å²) >= 11 is 21.3. The summed E-state index contributed by atoms with van der Waals surface area (Å²) in [5.41, 5.74) is 0.811. The molecule has 0 aliphatic carbocycles. The third-order valence-corrected chi connectivity index (χ3v) is 10.3. The molecule has 1 fully saturated rings. The first kappa shape index (κ1) is 34.6. The van der Waals surface area contributed by atoms with Gasteiger partial charge in [-0.3, -0.25) is 19.7 Å². The molecule has 0 radical (unpaired) electrons. The van der Waals surface area contributed by atoms with Crippen molar-refractivity contribution < 1.29 is 33.5 Å². The summed E-state index contributed by atoms with van der Waals surface area (Å²) in [6, 6.07) is 16.7. The molecule has 3 heterocycles. The topological polar surface area (TPSA) is 137 Å². The Kier molecular flexibility index (Phi) is 10.7. The van der Waals surface area contributed by atoms with Crippen LogP contribution in [0.3, 0.4) is 0 Å².